The van der Waals surface area contributed by atoms with Crippen molar-refractivity contribution in [3.05, 3.63) is 53.9 Å². The molecule has 0 heterocycles. The SMILES string of the molecule is CCOc1ccc(/C=C/C(=O)Nc2cc(NC(C)=O)ccc2F)cc1OC. The van der Waals surface area contributed by atoms with Crippen molar-refractivity contribution in [2.45, 2.75) is 13.8 Å². The lowest BCUT2D eigenvalue weighted by Gasteiger charge is -2.09. The van der Waals surface area contributed by atoms with E-state index in [0.717, 1.165) is 5.56 Å². The number of halogens is 1. The minimum atomic E-state index is -0.603. The highest BCUT2D eigenvalue weighted by atomic mass is 19.1. The number of anilines is 2. The molecule has 0 saturated carbocycles. The molecule has 0 aliphatic heterocycles. The normalized spacial score (nSPS) is 10.5. The van der Waals surface area contributed by atoms with Gasteiger partial charge in [-0.1, -0.05) is 6.07 Å². The fraction of sp³-hybridized carbons (Fsp3) is 0.200. The number of carbonyl (C=O) groups is 2. The Bertz CT molecular complexity index is 865. The zero-order valence-electron chi connectivity index (χ0n) is 15.3. The molecule has 0 fully saturated rings. The third-order valence-corrected chi connectivity index (χ3v) is 3.46. The minimum Gasteiger partial charge on any atom is -0.493 e. The Kier molecular flexibility index (Phi) is 6.93. The average molecular weight is 372 g/mol. The summed E-state index contributed by atoms with van der Waals surface area (Å²) in [7, 11) is 1.53. The molecule has 0 unspecified atom stereocenters. The van der Waals surface area contributed by atoms with Gasteiger partial charge in [-0.15, -0.1) is 0 Å². The van der Waals surface area contributed by atoms with E-state index in [9.17, 15) is 14.0 Å². The van der Waals surface area contributed by atoms with Crippen LogP contribution in [0.4, 0.5) is 15.8 Å². The molecule has 0 saturated heterocycles. The van der Waals surface area contributed by atoms with E-state index in [2.05, 4.69) is 10.6 Å². The monoisotopic (exact) mass is 372 g/mol. The van der Waals surface area contributed by atoms with Crippen LogP contribution in [-0.2, 0) is 9.59 Å². The van der Waals surface area contributed by atoms with E-state index in [1.807, 2.05) is 6.92 Å². The van der Waals surface area contributed by atoms with Crippen LogP contribution in [0.25, 0.3) is 6.08 Å². The van der Waals surface area contributed by atoms with Crippen molar-refractivity contribution in [2.75, 3.05) is 24.4 Å². The first-order valence-electron chi connectivity index (χ1n) is 8.30. The summed E-state index contributed by atoms with van der Waals surface area (Å²) >= 11 is 0. The maximum atomic E-state index is 13.9. The molecule has 0 aliphatic rings. The lowest BCUT2D eigenvalue weighted by Crippen LogP contribution is -2.11. The molecule has 6 nitrogen and oxygen atoms in total. The molecule has 142 valence electrons. The van der Waals surface area contributed by atoms with E-state index >= 15 is 0 Å². The maximum Gasteiger partial charge on any atom is 0.248 e. The highest BCUT2D eigenvalue weighted by Gasteiger charge is 2.08. The smallest absolute Gasteiger partial charge is 0.248 e. The third kappa shape index (κ3) is 5.85. The first-order valence-corrected chi connectivity index (χ1v) is 8.30. The van der Waals surface area contributed by atoms with Gasteiger partial charge in [-0.25, -0.2) is 4.39 Å². The Morgan fingerprint density at radius 3 is 2.56 bits per heavy atom. The molecule has 2 N–H and O–H groups in total. The summed E-state index contributed by atoms with van der Waals surface area (Å²) in [4.78, 5) is 23.2. The molecule has 0 aliphatic carbocycles. The second-order valence-corrected chi connectivity index (χ2v) is 5.54. The standard InChI is InChI=1S/C20H21FN2O4/c1-4-27-18-9-5-14(11-19(18)26-3)6-10-20(25)23-17-12-15(22-13(2)24)7-8-16(17)21/h5-12H,4H2,1-3H3,(H,22,24)(H,23,25)/b10-6+. The molecule has 0 atom stereocenters. The third-order valence-electron chi connectivity index (χ3n) is 3.46. The summed E-state index contributed by atoms with van der Waals surface area (Å²) in [6, 6.07) is 9.18. The first kappa shape index (κ1) is 20.0. The number of hydrogen-bond acceptors (Lipinski definition) is 4. The Morgan fingerprint density at radius 2 is 1.89 bits per heavy atom. The van der Waals surface area contributed by atoms with Crippen LogP contribution < -0.4 is 20.1 Å². The Labute approximate surface area is 157 Å². The van der Waals surface area contributed by atoms with Gasteiger partial charge in [0.05, 0.1) is 19.4 Å². The van der Waals surface area contributed by atoms with Crippen LogP contribution in [0.2, 0.25) is 0 Å². The van der Waals surface area contributed by atoms with Gasteiger partial charge in [-0.2, -0.15) is 0 Å². The lowest BCUT2D eigenvalue weighted by molar-refractivity contribution is -0.114. The Morgan fingerprint density at radius 1 is 1.11 bits per heavy atom. The second kappa shape index (κ2) is 9.38. The van der Waals surface area contributed by atoms with Gasteiger partial charge >= 0.3 is 0 Å². The molecule has 0 spiro atoms. The van der Waals surface area contributed by atoms with Gasteiger partial charge in [0.2, 0.25) is 11.8 Å². The van der Waals surface area contributed by atoms with Gasteiger partial charge in [0.1, 0.15) is 5.82 Å². The molecule has 7 heteroatoms. The zero-order chi connectivity index (χ0) is 19.8. The zero-order valence-corrected chi connectivity index (χ0v) is 15.3. The van der Waals surface area contributed by atoms with Crippen molar-refractivity contribution in [3.8, 4) is 11.5 Å². The molecule has 2 amide bonds. The van der Waals surface area contributed by atoms with Crippen molar-refractivity contribution in [1.82, 2.24) is 0 Å². The Hall–Kier alpha value is -3.35. The summed E-state index contributed by atoms with van der Waals surface area (Å²) in [5, 5.41) is 4.98. The largest absolute Gasteiger partial charge is 0.493 e. The summed E-state index contributed by atoms with van der Waals surface area (Å²) in [5.74, 6) is -0.245. The lowest BCUT2D eigenvalue weighted by atomic mass is 10.2. The molecular weight excluding hydrogens is 351 g/mol. The van der Waals surface area contributed by atoms with Crippen LogP contribution in [0.5, 0.6) is 11.5 Å². The van der Waals surface area contributed by atoms with Crippen LogP contribution in [-0.4, -0.2) is 25.5 Å². The Balaban J connectivity index is 2.10. The first-order chi connectivity index (χ1) is 12.9. The molecular formula is C20H21FN2O4. The molecule has 27 heavy (non-hydrogen) atoms. The van der Waals surface area contributed by atoms with Gasteiger partial charge in [0.25, 0.3) is 0 Å². The number of nitrogens with one attached hydrogen (secondary N) is 2. The fourth-order valence-corrected chi connectivity index (χ4v) is 2.31. The number of amides is 2. The van der Waals surface area contributed by atoms with Gasteiger partial charge in [-0.05, 0) is 48.9 Å². The van der Waals surface area contributed by atoms with E-state index in [-0.39, 0.29) is 11.6 Å². The highest BCUT2D eigenvalue weighted by molar-refractivity contribution is 6.02. The van der Waals surface area contributed by atoms with Crippen molar-refractivity contribution in [2.24, 2.45) is 0 Å². The van der Waals surface area contributed by atoms with Crippen LogP contribution >= 0.6 is 0 Å². The van der Waals surface area contributed by atoms with Gasteiger partial charge in [0, 0.05) is 18.7 Å². The predicted molar refractivity (Wildman–Crippen MR) is 103 cm³/mol. The van der Waals surface area contributed by atoms with E-state index in [4.69, 9.17) is 9.47 Å². The number of ether oxygens (including phenoxy) is 2. The number of benzene rings is 2. The summed E-state index contributed by atoms with van der Waals surface area (Å²) in [6.45, 7) is 3.73. The average Bonchev–Trinajstić information content (AvgIpc) is 2.63. The van der Waals surface area contributed by atoms with Crippen molar-refractivity contribution in [3.63, 3.8) is 0 Å². The van der Waals surface area contributed by atoms with Crippen LogP contribution in [0.1, 0.15) is 19.4 Å². The molecule has 2 aromatic rings. The topological polar surface area (TPSA) is 76.7 Å². The van der Waals surface area contributed by atoms with Crippen molar-refractivity contribution >= 4 is 29.3 Å². The van der Waals surface area contributed by atoms with Crippen molar-refractivity contribution in [1.29, 1.82) is 0 Å². The molecule has 2 rings (SSSR count). The van der Waals surface area contributed by atoms with E-state index in [1.54, 1.807) is 24.3 Å². The van der Waals surface area contributed by atoms with Gasteiger partial charge in [-0.3, -0.25) is 9.59 Å². The molecule has 0 radical (unpaired) electrons. The minimum absolute atomic E-state index is 0.0276. The highest BCUT2D eigenvalue weighted by Crippen LogP contribution is 2.28. The van der Waals surface area contributed by atoms with Gasteiger partial charge in [0.15, 0.2) is 11.5 Å². The maximum absolute atomic E-state index is 13.9. The fourth-order valence-electron chi connectivity index (χ4n) is 2.31. The van der Waals surface area contributed by atoms with E-state index in [1.165, 1.54) is 38.3 Å². The van der Waals surface area contributed by atoms with E-state index in [0.29, 0.717) is 23.8 Å². The number of methoxy groups -OCH3 is 1. The molecule has 2 aromatic carbocycles. The quantitative estimate of drug-likeness (QED) is 0.724. The van der Waals surface area contributed by atoms with Crippen LogP contribution in [0, 0.1) is 5.82 Å². The molecule has 0 bridgehead atoms. The van der Waals surface area contributed by atoms with Gasteiger partial charge < -0.3 is 20.1 Å². The summed E-state index contributed by atoms with van der Waals surface area (Å²) in [5.41, 5.74) is 1.08. The number of rotatable bonds is 7. The summed E-state index contributed by atoms with van der Waals surface area (Å²) < 4.78 is 24.6. The molecule has 0 aromatic heterocycles. The van der Waals surface area contributed by atoms with Crippen LogP contribution in [0.15, 0.2) is 42.5 Å². The number of hydrogen-bond donors (Lipinski definition) is 2. The summed E-state index contributed by atoms with van der Waals surface area (Å²) in [6.07, 6.45) is 2.85. The van der Waals surface area contributed by atoms with Crippen molar-refractivity contribution < 1.29 is 23.5 Å². The predicted octanol–water partition coefficient (Wildman–Crippen LogP) is 3.84. The van der Waals surface area contributed by atoms with E-state index < -0.39 is 11.7 Å². The van der Waals surface area contributed by atoms with Crippen LogP contribution in [0.3, 0.4) is 0 Å². The second-order valence-electron chi connectivity index (χ2n) is 5.54. The number of carbonyl (C=O) groups excluding carboxylic acids is 2.